The highest BCUT2D eigenvalue weighted by molar-refractivity contribution is 7.47. The van der Waals surface area contributed by atoms with E-state index < -0.39 is 97.5 Å². The predicted molar refractivity (Wildman–Crippen MR) is 432 cm³/mol. The number of ether oxygens (including phenoxy) is 4. The molecule has 0 aromatic heterocycles. The normalized spacial score (nSPS) is 14.4. The first-order valence-corrected chi connectivity index (χ1v) is 47.3. The van der Waals surface area contributed by atoms with Crippen molar-refractivity contribution in [3.05, 3.63) is 0 Å². The average molecular weight is 1540 g/mol. The summed E-state index contributed by atoms with van der Waals surface area (Å²) >= 11 is 0. The Morgan fingerprint density at radius 2 is 0.457 bits per heavy atom. The van der Waals surface area contributed by atoms with Crippen LogP contribution in [0.15, 0.2) is 0 Å². The number of phosphoric acid groups is 2. The lowest BCUT2D eigenvalue weighted by Gasteiger charge is -2.21. The summed E-state index contributed by atoms with van der Waals surface area (Å²) in [6, 6.07) is 0. The summed E-state index contributed by atoms with van der Waals surface area (Å²) in [5.74, 6) is 1.08. The molecule has 0 radical (unpaired) electrons. The second-order valence-corrected chi connectivity index (χ2v) is 35.3. The summed E-state index contributed by atoms with van der Waals surface area (Å²) < 4.78 is 68.9. The van der Waals surface area contributed by atoms with Crippen molar-refractivity contribution in [1.82, 2.24) is 0 Å². The number of carbonyl (C=O) groups is 4. The number of aliphatic hydroxyl groups is 1. The summed E-state index contributed by atoms with van der Waals surface area (Å²) in [5.41, 5.74) is 0. The summed E-state index contributed by atoms with van der Waals surface area (Å²) in [6.07, 6.45) is 63.9. The van der Waals surface area contributed by atoms with Crippen LogP contribution in [-0.4, -0.2) is 96.7 Å². The Hall–Kier alpha value is -1.94. The number of phosphoric ester groups is 2. The maximum absolute atomic E-state index is 13.1. The first-order valence-electron chi connectivity index (χ1n) is 44.3. The van der Waals surface area contributed by atoms with E-state index in [4.69, 9.17) is 37.0 Å². The third-order valence-electron chi connectivity index (χ3n) is 20.8. The molecule has 17 nitrogen and oxygen atoms in total. The van der Waals surface area contributed by atoms with Gasteiger partial charge in [-0.1, -0.05) is 396 Å². The van der Waals surface area contributed by atoms with Crippen molar-refractivity contribution < 1.29 is 80.2 Å². The van der Waals surface area contributed by atoms with Crippen molar-refractivity contribution in [1.29, 1.82) is 0 Å². The van der Waals surface area contributed by atoms with Crippen molar-refractivity contribution >= 4 is 39.5 Å². The number of esters is 4. The number of carbonyl (C=O) groups excluding carboxylic acids is 4. The van der Waals surface area contributed by atoms with E-state index in [-0.39, 0.29) is 25.7 Å². The summed E-state index contributed by atoms with van der Waals surface area (Å²) in [4.78, 5) is 73.2. The molecular formula is C86H168O17P2. The fourth-order valence-electron chi connectivity index (χ4n) is 13.3. The monoisotopic (exact) mass is 1540 g/mol. The number of aliphatic hydroxyl groups excluding tert-OH is 1. The quantitative estimate of drug-likeness (QED) is 0.0222. The largest absolute Gasteiger partial charge is 0.472 e. The summed E-state index contributed by atoms with van der Waals surface area (Å²) in [6.45, 7) is 14.3. The Morgan fingerprint density at radius 3 is 0.676 bits per heavy atom. The molecule has 3 N–H and O–H groups in total. The lowest BCUT2D eigenvalue weighted by atomic mass is 9.99. The maximum atomic E-state index is 13.1. The standard InChI is InChI=1S/C86H168O17P2/c1-9-78(7)64-56-48-40-34-28-22-15-13-11-12-14-16-23-30-36-42-52-60-69-86(91)103-82(73-97-84(89)67-59-51-45-44-49-57-65-79(8)10-2)75-101-105(94,95)99-71-80(87)70-98-104(92,93)100-74-81(72-96-83(88)66-58-50-41-35-29-25-19-21-27-33-39-47-55-63-77(5)6)102-85(90)68-61-53-43-37-31-24-18-17-20-26-32-38-46-54-62-76(3)4/h76-82,87H,9-75H2,1-8H3,(H,92,93)(H,94,95)/t78?,79?,80-,81-,82-/m1/s1. The van der Waals surface area contributed by atoms with Crippen LogP contribution in [0.4, 0.5) is 0 Å². The number of unbranched alkanes of at least 4 members (excludes halogenated alkanes) is 47. The van der Waals surface area contributed by atoms with Crippen LogP contribution in [0.3, 0.4) is 0 Å². The minimum Gasteiger partial charge on any atom is -0.462 e. The molecule has 0 saturated heterocycles. The van der Waals surface area contributed by atoms with Gasteiger partial charge in [-0.2, -0.15) is 0 Å². The van der Waals surface area contributed by atoms with Gasteiger partial charge in [0.25, 0.3) is 0 Å². The lowest BCUT2D eigenvalue weighted by molar-refractivity contribution is -0.161. The molecule has 0 spiro atoms. The zero-order chi connectivity index (χ0) is 77.4. The highest BCUT2D eigenvalue weighted by atomic mass is 31.2. The topological polar surface area (TPSA) is 237 Å². The number of rotatable bonds is 83. The van der Waals surface area contributed by atoms with Crippen molar-refractivity contribution in [2.75, 3.05) is 39.6 Å². The molecule has 0 fully saturated rings. The van der Waals surface area contributed by atoms with Gasteiger partial charge >= 0.3 is 39.5 Å². The smallest absolute Gasteiger partial charge is 0.462 e. The molecule has 624 valence electrons. The molecule has 0 aliphatic rings. The summed E-state index contributed by atoms with van der Waals surface area (Å²) in [5, 5.41) is 10.7. The Bertz CT molecular complexity index is 2050. The van der Waals surface area contributed by atoms with Gasteiger partial charge in [0.05, 0.1) is 26.4 Å². The molecule has 0 heterocycles. The molecule has 4 unspecified atom stereocenters. The Morgan fingerprint density at radius 1 is 0.267 bits per heavy atom. The van der Waals surface area contributed by atoms with Gasteiger partial charge in [-0.3, -0.25) is 37.3 Å². The number of hydrogen-bond acceptors (Lipinski definition) is 15. The van der Waals surface area contributed by atoms with Gasteiger partial charge in [-0.25, -0.2) is 9.13 Å². The van der Waals surface area contributed by atoms with Crippen LogP contribution in [0.1, 0.15) is 447 Å². The molecule has 0 aliphatic heterocycles. The Kier molecular flexibility index (Phi) is 73.4. The van der Waals surface area contributed by atoms with Crippen molar-refractivity contribution in [3.63, 3.8) is 0 Å². The van der Waals surface area contributed by atoms with E-state index in [1.807, 2.05) is 0 Å². The molecule has 0 bridgehead atoms. The predicted octanol–water partition coefficient (Wildman–Crippen LogP) is 25.9. The highest BCUT2D eigenvalue weighted by Gasteiger charge is 2.31. The second-order valence-electron chi connectivity index (χ2n) is 32.4. The maximum Gasteiger partial charge on any atom is 0.472 e. The van der Waals surface area contributed by atoms with Crippen LogP contribution in [0, 0.1) is 23.7 Å². The number of hydrogen-bond donors (Lipinski definition) is 3. The fraction of sp³-hybridized carbons (Fsp3) is 0.953. The van der Waals surface area contributed by atoms with Crippen LogP contribution in [0.2, 0.25) is 0 Å². The van der Waals surface area contributed by atoms with E-state index in [0.717, 1.165) is 120 Å². The molecule has 7 atom stereocenters. The molecule has 0 amide bonds. The molecule has 0 rings (SSSR count). The SMILES string of the molecule is CCC(C)CCCCCCCCCCCCCCCCCCCCC(=O)O[C@H](COC(=O)CCCCCCCCC(C)CC)COP(=O)(O)OC[C@H](O)COP(=O)(O)OC[C@@H](COC(=O)CCCCCCCCCCCCCCCC(C)C)OC(=O)CCCCCCCCCCCCCCCCC(C)C. The Balaban J connectivity index is 5.21. The second kappa shape index (κ2) is 74.8. The van der Waals surface area contributed by atoms with Gasteiger partial charge in [-0.05, 0) is 49.4 Å². The van der Waals surface area contributed by atoms with E-state index in [0.29, 0.717) is 25.7 Å². The van der Waals surface area contributed by atoms with Gasteiger partial charge in [0, 0.05) is 25.7 Å². The first-order chi connectivity index (χ1) is 50.7. The van der Waals surface area contributed by atoms with E-state index in [1.54, 1.807) is 0 Å². The lowest BCUT2D eigenvalue weighted by Crippen LogP contribution is -2.30. The molecule has 105 heavy (non-hydrogen) atoms. The highest BCUT2D eigenvalue weighted by Crippen LogP contribution is 2.45. The van der Waals surface area contributed by atoms with E-state index in [2.05, 4.69) is 55.4 Å². The first kappa shape index (κ1) is 103. The molecule has 19 heteroatoms. The van der Waals surface area contributed by atoms with E-state index >= 15 is 0 Å². The van der Waals surface area contributed by atoms with Gasteiger partial charge in [-0.15, -0.1) is 0 Å². The van der Waals surface area contributed by atoms with Crippen LogP contribution in [-0.2, 0) is 65.4 Å². The van der Waals surface area contributed by atoms with Crippen molar-refractivity contribution in [2.45, 2.75) is 465 Å². The van der Waals surface area contributed by atoms with Crippen LogP contribution < -0.4 is 0 Å². The zero-order valence-corrected chi connectivity index (χ0v) is 71.2. The summed E-state index contributed by atoms with van der Waals surface area (Å²) in [7, 11) is -9.93. The van der Waals surface area contributed by atoms with Crippen LogP contribution >= 0.6 is 15.6 Å². The Labute approximate surface area is 645 Å². The minimum atomic E-state index is -4.97. The van der Waals surface area contributed by atoms with Gasteiger partial charge in [0.1, 0.15) is 19.3 Å². The molecule has 0 saturated carbocycles. The fourth-order valence-corrected chi connectivity index (χ4v) is 14.8. The third kappa shape index (κ3) is 77.2. The zero-order valence-electron chi connectivity index (χ0n) is 69.4. The van der Waals surface area contributed by atoms with Gasteiger partial charge in [0.15, 0.2) is 12.2 Å². The molecule has 0 aromatic rings. The third-order valence-corrected chi connectivity index (χ3v) is 22.7. The van der Waals surface area contributed by atoms with Gasteiger partial charge in [0.2, 0.25) is 0 Å². The van der Waals surface area contributed by atoms with Gasteiger partial charge < -0.3 is 33.8 Å². The molecule has 0 aromatic carbocycles. The van der Waals surface area contributed by atoms with Crippen molar-refractivity contribution in [2.24, 2.45) is 23.7 Å². The van der Waals surface area contributed by atoms with Crippen molar-refractivity contribution in [3.8, 4) is 0 Å². The van der Waals surface area contributed by atoms with E-state index in [9.17, 15) is 43.2 Å². The van der Waals surface area contributed by atoms with Crippen LogP contribution in [0.5, 0.6) is 0 Å². The van der Waals surface area contributed by atoms with E-state index in [1.165, 1.54) is 244 Å². The van der Waals surface area contributed by atoms with Crippen LogP contribution in [0.25, 0.3) is 0 Å². The average Bonchev–Trinajstić information content (AvgIpc) is 0.901. The molecule has 0 aliphatic carbocycles. The minimum absolute atomic E-state index is 0.107. The molecular weight excluding hydrogens is 1370 g/mol.